The Hall–Kier alpha value is -5.77. The maximum Gasteiger partial charge on any atom is 0.268 e. The molecule has 0 saturated heterocycles. The van der Waals surface area contributed by atoms with Crippen LogP contribution < -0.4 is 26.0 Å². The van der Waals surface area contributed by atoms with Gasteiger partial charge < -0.3 is 15.0 Å². The van der Waals surface area contributed by atoms with Gasteiger partial charge in [-0.3, -0.25) is 4.79 Å². The van der Waals surface area contributed by atoms with Gasteiger partial charge in [0, 0.05) is 17.7 Å². The van der Waals surface area contributed by atoms with E-state index in [2.05, 4.69) is 115 Å². The Balaban J connectivity index is 1.54. The molecule has 1 aromatic heterocycles. The van der Waals surface area contributed by atoms with Crippen LogP contribution in [0.25, 0.3) is 22.3 Å². The number of hydrogen-bond acceptors (Lipinski definition) is 2. The van der Waals surface area contributed by atoms with Gasteiger partial charge in [0.1, 0.15) is 46.1 Å². The lowest BCUT2D eigenvalue weighted by Gasteiger charge is -2.37. The van der Waals surface area contributed by atoms with Crippen molar-refractivity contribution in [2.45, 2.75) is 26.1 Å². The number of aromatic amines is 1. The Morgan fingerprint density at radius 1 is 0.642 bits per heavy atom. The fourth-order valence-corrected chi connectivity index (χ4v) is 12.9. The number of aromatic nitrogens is 1. The van der Waals surface area contributed by atoms with E-state index in [-0.39, 0.29) is 23.3 Å². The van der Waals surface area contributed by atoms with Gasteiger partial charge >= 0.3 is 0 Å². The van der Waals surface area contributed by atoms with Gasteiger partial charge in [0.15, 0.2) is 0 Å². The number of amides is 1. The maximum absolute atomic E-state index is 14.6. The molecule has 7 aromatic rings. The zero-order valence-corrected chi connectivity index (χ0v) is 31.1. The van der Waals surface area contributed by atoms with Gasteiger partial charge in [-0.05, 0) is 83.3 Å². The second-order valence-corrected chi connectivity index (χ2v) is 17.0. The highest BCUT2D eigenvalue weighted by Crippen LogP contribution is 2.70. The summed E-state index contributed by atoms with van der Waals surface area (Å²) in [7, 11) is -0.910. The lowest BCUT2D eigenvalue weighted by atomic mass is 9.92. The molecule has 1 atom stereocenters. The third-order valence-electron chi connectivity index (χ3n) is 9.90. The van der Waals surface area contributed by atoms with E-state index in [0.29, 0.717) is 12.2 Å². The Kier molecular flexibility index (Phi) is 10.7. The van der Waals surface area contributed by atoms with Crippen LogP contribution in [0.1, 0.15) is 41.3 Å². The van der Waals surface area contributed by atoms with Gasteiger partial charge in [-0.1, -0.05) is 123 Å². The molecule has 0 saturated carbocycles. The number of nitrogens with one attached hydrogen (secondary N) is 2. The predicted molar refractivity (Wildman–Crippen MR) is 219 cm³/mol. The van der Waals surface area contributed by atoms with Gasteiger partial charge in [0.05, 0.1) is 12.8 Å². The van der Waals surface area contributed by atoms with Crippen LogP contribution in [0.15, 0.2) is 170 Å². The van der Waals surface area contributed by atoms with Gasteiger partial charge in [-0.25, -0.2) is 4.39 Å². The van der Waals surface area contributed by atoms with Gasteiger partial charge in [0.25, 0.3) is 5.91 Å². The number of rotatable bonds is 12. The minimum absolute atomic E-state index is 0.0978. The monoisotopic (exact) mass is 717 g/mol. The minimum Gasteiger partial charge on any atom is -0.497 e. The predicted octanol–water partition coefficient (Wildman–Crippen LogP) is 10.1. The largest absolute Gasteiger partial charge is 0.497 e. The van der Waals surface area contributed by atoms with Crippen molar-refractivity contribution in [2.24, 2.45) is 5.92 Å². The molecule has 0 aliphatic carbocycles. The second-order valence-electron chi connectivity index (χ2n) is 13.5. The second kappa shape index (κ2) is 15.9. The third kappa shape index (κ3) is 7.05. The van der Waals surface area contributed by atoms with Crippen LogP contribution in [0.4, 0.5) is 4.39 Å². The molecule has 0 radical (unpaired) electrons. The number of halogens is 1. The first-order valence-corrected chi connectivity index (χ1v) is 19.8. The van der Waals surface area contributed by atoms with Crippen molar-refractivity contribution >= 4 is 29.1 Å². The third-order valence-corrected chi connectivity index (χ3v) is 14.9. The van der Waals surface area contributed by atoms with Crippen LogP contribution in [-0.4, -0.2) is 18.0 Å². The minimum atomic E-state index is -2.55. The molecule has 6 heteroatoms. The van der Waals surface area contributed by atoms with Crippen LogP contribution in [0.2, 0.25) is 0 Å². The first kappa shape index (κ1) is 35.6. The Bertz CT molecular complexity index is 2160. The molecule has 2 N–H and O–H groups in total. The fraction of sp³-hybridized carbons (Fsp3) is 0.128. The first-order chi connectivity index (χ1) is 25.9. The summed E-state index contributed by atoms with van der Waals surface area (Å²) in [6.45, 7) is 4.88. The molecular formula is C47H43FN2O2P+. The number of carbonyl (C=O) groups is 1. The molecule has 7 rings (SSSR count). The summed E-state index contributed by atoms with van der Waals surface area (Å²) >= 11 is 0. The van der Waals surface area contributed by atoms with E-state index < -0.39 is 7.26 Å². The molecule has 53 heavy (non-hydrogen) atoms. The first-order valence-electron chi connectivity index (χ1n) is 18.0. The summed E-state index contributed by atoms with van der Waals surface area (Å²) in [5.41, 5.74) is 5.67. The average Bonchev–Trinajstić information content (AvgIpc) is 3.60. The zero-order valence-electron chi connectivity index (χ0n) is 30.2. The molecule has 1 heterocycles. The molecule has 264 valence electrons. The van der Waals surface area contributed by atoms with Crippen LogP contribution in [0.5, 0.6) is 5.75 Å². The van der Waals surface area contributed by atoms with Crippen molar-refractivity contribution in [2.75, 3.05) is 7.11 Å². The van der Waals surface area contributed by atoms with Crippen LogP contribution in [-0.2, 0) is 6.54 Å². The number of methoxy groups -OCH3 is 1. The molecule has 0 aliphatic rings. The number of H-pyrrole nitrogens is 1. The van der Waals surface area contributed by atoms with E-state index in [1.165, 1.54) is 28.0 Å². The highest BCUT2D eigenvalue weighted by molar-refractivity contribution is 7.96. The van der Waals surface area contributed by atoms with E-state index in [9.17, 15) is 9.18 Å². The van der Waals surface area contributed by atoms with Gasteiger partial charge in [0.2, 0.25) is 0 Å². The Morgan fingerprint density at radius 2 is 1.11 bits per heavy atom. The van der Waals surface area contributed by atoms with Crippen LogP contribution in [0, 0.1) is 11.7 Å². The normalized spacial score (nSPS) is 12.0. The summed E-state index contributed by atoms with van der Waals surface area (Å²) in [5.74, 6) is 0.316. The molecule has 6 aromatic carbocycles. The Labute approximate surface area is 312 Å². The molecule has 0 spiro atoms. The summed E-state index contributed by atoms with van der Waals surface area (Å²) in [6, 6.07) is 56.8. The van der Waals surface area contributed by atoms with E-state index in [4.69, 9.17) is 4.74 Å². The van der Waals surface area contributed by atoms with E-state index in [1.807, 2.05) is 66.7 Å². The molecular weight excluding hydrogens is 675 g/mol. The van der Waals surface area contributed by atoms with Crippen molar-refractivity contribution in [3.8, 4) is 28.0 Å². The highest BCUT2D eigenvalue weighted by atomic mass is 31.2. The van der Waals surface area contributed by atoms with Crippen LogP contribution >= 0.6 is 7.26 Å². The van der Waals surface area contributed by atoms with E-state index >= 15 is 0 Å². The lowest BCUT2D eigenvalue weighted by Crippen LogP contribution is -2.37. The molecule has 1 unspecified atom stereocenters. The van der Waals surface area contributed by atoms with E-state index in [0.717, 1.165) is 39.3 Å². The number of carbonyl (C=O) groups excluding carboxylic acids is 1. The fourth-order valence-electron chi connectivity index (χ4n) is 7.63. The molecule has 0 bridgehead atoms. The topological polar surface area (TPSA) is 54.1 Å². The van der Waals surface area contributed by atoms with Gasteiger partial charge in [-0.2, -0.15) is 0 Å². The summed E-state index contributed by atoms with van der Waals surface area (Å²) in [4.78, 5) is 18.4. The van der Waals surface area contributed by atoms with Crippen LogP contribution in [0.3, 0.4) is 0 Å². The molecule has 0 aliphatic heterocycles. The average molecular weight is 718 g/mol. The van der Waals surface area contributed by atoms with E-state index in [1.54, 1.807) is 7.11 Å². The van der Waals surface area contributed by atoms with Crippen molar-refractivity contribution in [1.29, 1.82) is 0 Å². The van der Waals surface area contributed by atoms with Gasteiger partial charge in [-0.15, -0.1) is 0 Å². The Morgan fingerprint density at radius 3 is 1.58 bits per heavy atom. The van der Waals surface area contributed by atoms with Crippen molar-refractivity contribution in [1.82, 2.24) is 10.3 Å². The number of ether oxygens (including phenoxy) is 1. The molecule has 0 fully saturated rings. The number of benzene rings is 6. The van der Waals surface area contributed by atoms with Crippen molar-refractivity contribution in [3.05, 3.63) is 193 Å². The highest BCUT2D eigenvalue weighted by Gasteiger charge is 2.56. The standard InChI is InChI=1S/C47H42FN2O2P/c1-33(2)46(53(39-18-10-5-11-19-39,40-20-12-6-13-21-40)41-22-14-7-15-23-41)44-42(36-26-28-37(48)29-27-36)43(35-16-8-4-9-17-35)45(50-44)47(51)49-32-34-24-30-38(52-3)31-25-34/h4-31,33,46H,32H2,1-3H3,(H-,49,50,51)/p+1. The summed E-state index contributed by atoms with van der Waals surface area (Å²) in [5, 5.41) is 6.92. The molecule has 4 nitrogen and oxygen atoms in total. The van der Waals surface area contributed by atoms with Crippen molar-refractivity contribution < 1.29 is 13.9 Å². The number of hydrogen-bond donors (Lipinski definition) is 2. The SMILES string of the molecule is COc1ccc(CNC(=O)c2[nH]c(C(C(C)C)[P+](c3ccccc3)(c3ccccc3)c3ccccc3)c(-c3ccc(F)cc3)c2-c2ccccc2)cc1. The summed E-state index contributed by atoms with van der Waals surface area (Å²) < 4.78 is 20.0. The lowest BCUT2D eigenvalue weighted by molar-refractivity contribution is 0.0947. The van der Waals surface area contributed by atoms with Crippen molar-refractivity contribution in [3.63, 3.8) is 0 Å². The summed E-state index contributed by atoms with van der Waals surface area (Å²) in [6.07, 6.45) is 0. The molecule has 1 amide bonds. The maximum atomic E-state index is 14.6. The zero-order chi connectivity index (χ0) is 36.8. The smallest absolute Gasteiger partial charge is 0.268 e. The quantitative estimate of drug-likeness (QED) is 0.124.